The van der Waals surface area contributed by atoms with Gasteiger partial charge in [-0.15, -0.1) is 12.3 Å². The number of rotatable bonds is 8. The Balaban J connectivity index is 3.46. The van der Waals surface area contributed by atoms with Gasteiger partial charge in [0.15, 0.2) is 0 Å². The van der Waals surface area contributed by atoms with Gasteiger partial charge in [-0.25, -0.2) is 8.42 Å². The minimum Gasteiger partial charge on any atom is -0.468 e. The van der Waals surface area contributed by atoms with Gasteiger partial charge in [0.05, 0.1) is 12.0 Å². The van der Waals surface area contributed by atoms with Crippen LogP contribution >= 0.6 is 15.9 Å². The Labute approximate surface area is 152 Å². The van der Waals surface area contributed by atoms with Crippen LogP contribution in [-0.2, 0) is 19.6 Å². The molecule has 0 N–H and O–H groups in total. The lowest BCUT2D eigenvalue weighted by Crippen LogP contribution is -2.49. The van der Waals surface area contributed by atoms with Crippen molar-refractivity contribution in [2.45, 2.75) is 37.6 Å². The number of hydrogen-bond acceptors (Lipinski definition) is 4. The monoisotopic (exact) mass is 415 g/mol. The molecule has 24 heavy (non-hydrogen) atoms. The standard InChI is InChI=1S/C17H22BrNO4S/c1-5-7-12-19(16(13(3)6-2)17(20)23-4)24(21,22)15-11-9-8-10-14(15)18/h1,8-11,13,16H,6-7,12H2,2-4H3/t13-,16-/m0/s1. The maximum Gasteiger partial charge on any atom is 0.324 e. The first-order chi connectivity index (χ1) is 11.3. The number of nitrogens with zero attached hydrogens (tertiary/aromatic N) is 1. The highest BCUT2D eigenvalue weighted by Crippen LogP contribution is 2.29. The molecule has 0 aromatic heterocycles. The predicted molar refractivity (Wildman–Crippen MR) is 96.7 cm³/mol. The van der Waals surface area contributed by atoms with Gasteiger partial charge < -0.3 is 4.74 Å². The molecule has 0 amide bonds. The van der Waals surface area contributed by atoms with Crippen LogP contribution in [0, 0.1) is 18.3 Å². The van der Waals surface area contributed by atoms with Crippen LogP contribution in [0.25, 0.3) is 0 Å². The highest BCUT2D eigenvalue weighted by molar-refractivity contribution is 9.10. The van der Waals surface area contributed by atoms with Crippen molar-refractivity contribution >= 4 is 31.9 Å². The Bertz CT molecular complexity index is 712. The lowest BCUT2D eigenvalue weighted by Gasteiger charge is -2.32. The van der Waals surface area contributed by atoms with Crippen LogP contribution in [0.15, 0.2) is 33.6 Å². The third-order valence-electron chi connectivity index (χ3n) is 3.84. The Hall–Kier alpha value is -1.36. The van der Waals surface area contributed by atoms with Crippen LogP contribution in [0.4, 0.5) is 0 Å². The molecule has 0 heterocycles. The number of halogens is 1. The van der Waals surface area contributed by atoms with Gasteiger partial charge in [0.25, 0.3) is 0 Å². The second kappa shape index (κ2) is 9.21. The molecule has 0 spiro atoms. The highest BCUT2D eigenvalue weighted by Gasteiger charge is 2.39. The number of esters is 1. The zero-order valence-corrected chi connectivity index (χ0v) is 16.4. The summed E-state index contributed by atoms with van der Waals surface area (Å²) in [6, 6.07) is 5.57. The molecule has 0 bridgehead atoms. The molecule has 1 aromatic carbocycles. The van der Waals surface area contributed by atoms with E-state index in [1.54, 1.807) is 18.2 Å². The Morgan fingerprint density at radius 2 is 2.04 bits per heavy atom. The summed E-state index contributed by atoms with van der Waals surface area (Å²) in [5.74, 6) is 1.63. The molecule has 0 saturated carbocycles. The highest BCUT2D eigenvalue weighted by atomic mass is 79.9. The number of terminal acetylenes is 1. The molecule has 0 aliphatic heterocycles. The van der Waals surface area contributed by atoms with E-state index in [2.05, 4.69) is 21.9 Å². The van der Waals surface area contributed by atoms with Gasteiger partial charge in [0.1, 0.15) is 6.04 Å². The van der Waals surface area contributed by atoms with Crippen molar-refractivity contribution in [2.75, 3.05) is 13.7 Å². The summed E-state index contributed by atoms with van der Waals surface area (Å²) in [6.45, 7) is 3.76. The first-order valence-electron chi connectivity index (χ1n) is 7.58. The van der Waals surface area contributed by atoms with E-state index in [0.717, 1.165) is 4.31 Å². The zero-order chi connectivity index (χ0) is 18.3. The van der Waals surface area contributed by atoms with Crippen LogP contribution in [0.5, 0.6) is 0 Å². The summed E-state index contributed by atoms with van der Waals surface area (Å²) in [6.07, 6.45) is 6.13. The zero-order valence-electron chi connectivity index (χ0n) is 14.0. The number of carbonyl (C=O) groups excluding carboxylic acids is 1. The van der Waals surface area contributed by atoms with E-state index in [1.807, 2.05) is 13.8 Å². The van der Waals surface area contributed by atoms with E-state index in [0.29, 0.717) is 10.9 Å². The van der Waals surface area contributed by atoms with Gasteiger partial charge in [-0.05, 0) is 34.0 Å². The van der Waals surface area contributed by atoms with Crippen molar-refractivity contribution in [3.63, 3.8) is 0 Å². The minimum absolute atomic E-state index is 0.0459. The van der Waals surface area contributed by atoms with Crippen LogP contribution in [-0.4, -0.2) is 38.4 Å². The summed E-state index contributed by atoms with van der Waals surface area (Å²) in [7, 11) is -2.67. The molecule has 0 fully saturated rings. The number of hydrogen-bond donors (Lipinski definition) is 0. The molecule has 0 radical (unpaired) electrons. The Morgan fingerprint density at radius 1 is 1.42 bits per heavy atom. The number of methoxy groups -OCH3 is 1. The number of ether oxygens (including phenoxy) is 1. The van der Waals surface area contributed by atoms with Crippen LogP contribution < -0.4 is 0 Å². The van der Waals surface area contributed by atoms with E-state index in [9.17, 15) is 13.2 Å². The normalized spacial score (nSPS) is 14.0. The molecule has 7 heteroatoms. The molecule has 5 nitrogen and oxygen atoms in total. The third-order valence-corrected chi connectivity index (χ3v) is 6.73. The van der Waals surface area contributed by atoms with Crippen molar-refractivity contribution in [3.8, 4) is 12.3 Å². The topological polar surface area (TPSA) is 63.7 Å². The van der Waals surface area contributed by atoms with Gasteiger partial charge in [-0.3, -0.25) is 4.79 Å². The average Bonchev–Trinajstić information content (AvgIpc) is 2.57. The lowest BCUT2D eigenvalue weighted by molar-refractivity contribution is -0.147. The van der Waals surface area contributed by atoms with Crippen LogP contribution in [0.3, 0.4) is 0 Å². The van der Waals surface area contributed by atoms with Crippen molar-refractivity contribution < 1.29 is 17.9 Å². The number of sulfonamides is 1. The smallest absolute Gasteiger partial charge is 0.324 e. The molecule has 0 unspecified atom stereocenters. The quantitative estimate of drug-likeness (QED) is 0.483. The van der Waals surface area contributed by atoms with Crippen molar-refractivity contribution in [3.05, 3.63) is 28.7 Å². The largest absolute Gasteiger partial charge is 0.468 e. The van der Waals surface area contributed by atoms with E-state index in [-0.39, 0.29) is 23.8 Å². The molecular weight excluding hydrogens is 394 g/mol. The van der Waals surface area contributed by atoms with Crippen molar-refractivity contribution in [1.29, 1.82) is 0 Å². The maximum atomic E-state index is 13.2. The second-order valence-corrected chi connectivity index (χ2v) is 8.07. The Morgan fingerprint density at radius 3 is 2.54 bits per heavy atom. The molecule has 0 aliphatic carbocycles. The van der Waals surface area contributed by atoms with Gasteiger partial charge >= 0.3 is 5.97 Å². The van der Waals surface area contributed by atoms with Crippen LogP contribution in [0.2, 0.25) is 0 Å². The van der Waals surface area contributed by atoms with Gasteiger partial charge in [-0.2, -0.15) is 4.31 Å². The summed E-state index contributed by atoms with van der Waals surface area (Å²) in [4.78, 5) is 12.4. The van der Waals surface area contributed by atoms with E-state index >= 15 is 0 Å². The Kier molecular flexibility index (Phi) is 7.94. The SMILES string of the molecule is C#CCCN([C@H](C(=O)OC)[C@@H](C)CC)S(=O)(=O)c1ccccc1Br. The summed E-state index contributed by atoms with van der Waals surface area (Å²) >= 11 is 3.26. The lowest BCUT2D eigenvalue weighted by atomic mass is 9.99. The van der Waals surface area contributed by atoms with Crippen LogP contribution in [0.1, 0.15) is 26.7 Å². The molecule has 2 atom stereocenters. The van der Waals surface area contributed by atoms with E-state index < -0.39 is 22.0 Å². The van der Waals surface area contributed by atoms with E-state index in [1.165, 1.54) is 13.2 Å². The van der Waals surface area contributed by atoms with Gasteiger partial charge in [0.2, 0.25) is 10.0 Å². The second-order valence-electron chi connectivity index (χ2n) is 5.35. The van der Waals surface area contributed by atoms with Gasteiger partial charge in [0, 0.05) is 17.4 Å². The van der Waals surface area contributed by atoms with Gasteiger partial charge in [-0.1, -0.05) is 32.4 Å². The first kappa shape index (κ1) is 20.7. The summed E-state index contributed by atoms with van der Waals surface area (Å²) in [5, 5.41) is 0. The summed E-state index contributed by atoms with van der Waals surface area (Å²) < 4.78 is 32.8. The molecule has 1 aromatic rings. The average molecular weight is 416 g/mol. The van der Waals surface area contributed by atoms with Crippen molar-refractivity contribution in [2.24, 2.45) is 5.92 Å². The molecule has 0 aliphatic rings. The predicted octanol–water partition coefficient (Wildman–Crippen LogP) is 3.05. The van der Waals surface area contributed by atoms with E-state index in [4.69, 9.17) is 11.2 Å². The molecular formula is C17H22BrNO4S. The first-order valence-corrected chi connectivity index (χ1v) is 9.82. The number of benzene rings is 1. The third kappa shape index (κ3) is 4.59. The summed E-state index contributed by atoms with van der Waals surface area (Å²) in [5.41, 5.74) is 0. The molecule has 1 rings (SSSR count). The fraction of sp³-hybridized carbons (Fsp3) is 0.471. The maximum absolute atomic E-state index is 13.2. The molecule has 0 saturated heterocycles. The fourth-order valence-electron chi connectivity index (χ4n) is 2.34. The minimum atomic E-state index is -3.92. The molecule has 132 valence electrons. The number of carbonyl (C=O) groups is 1. The fourth-order valence-corrected chi connectivity index (χ4v) is 4.98. The van der Waals surface area contributed by atoms with Crippen molar-refractivity contribution in [1.82, 2.24) is 4.31 Å².